The first kappa shape index (κ1) is 17.2. The molecule has 1 aliphatic rings. The number of rotatable bonds is 3. The van der Waals surface area contributed by atoms with Gasteiger partial charge in [-0.1, -0.05) is 12.1 Å². The predicted octanol–water partition coefficient (Wildman–Crippen LogP) is 1.68. The lowest BCUT2D eigenvalue weighted by Gasteiger charge is -2.37. The molecule has 0 unspecified atom stereocenters. The molecule has 1 saturated heterocycles. The van der Waals surface area contributed by atoms with Crippen LogP contribution in [-0.4, -0.2) is 34.3 Å². The number of nitrogen functional groups attached to an aromatic ring is 2. The summed E-state index contributed by atoms with van der Waals surface area (Å²) < 4.78 is 0. The van der Waals surface area contributed by atoms with Crippen LogP contribution >= 0.6 is 0 Å². The highest BCUT2D eigenvalue weighted by Gasteiger charge is 2.27. The number of nitrogens with two attached hydrogens (primary N) is 3. The van der Waals surface area contributed by atoms with E-state index < -0.39 is 0 Å². The molecule has 1 aromatic carbocycles. The lowest BCUT2D eigenvalue weighted by molar-refractivity contribution is 0.363. The molecule has 0 amide bonds. The van der Waals surface area contributed by atoms with Gasteiger partial charge in [0.15, 0.2) is 5.82 Å². The van der Waals surface area contributed by atoms with Crippen molar-refractivity contribution in [1.82, 2.24) is 9.97 Å². The summed E-state index contributed by atoms with van der Waals surface area (Å²) in [4.78, 5) is 11.0. The van der Waals surface area contributed by atoms with Crippen LogP contribution in [0, 0.1) is 12.3 Å². The van der Waals surface area contributed by atoms with E-state index in [4.69, 9.17) is 22.6 Å². The highest BCUT2D eigenvalue weighted by atomic mass is 15.2. The Balaban J connectivity index is 1.85. The van der Waals surface area contributed by atoms with E-state index in [2.05, 4.69) is 21.8 Å². The normalized spacial score (nSPS) is 16.7. The van der Waals surface area contributed by atoms with Crippen LogP contribution in [0.5, 0.6) is 0 Å². The lowest BCUT2D eigenvalue weighted by atomic mass is 9.91. The Bertz CT molecular complexity index is 803. The summed E-state index contributed by atoms with van der Waals surface area (Å²) in [5, 5.41) is 8.45. The lowest BCUT2D eigenvalue weighted by Crippen LogP contribution is -2.48. The van der Waals surface area contributed by atoms with Crippen molar-refractivity contribution < 1.29 is 0 Å². The average molecular weight is 339 g/mol. The van der Waals surface area contributed by atoms with Crippen molar-refractivity contribution in [3.8, 4) is 0 Å². The van der Waals surface area contributed by atoms with E-state index in [1.54, 1.807) is 6.20 Å². The van der Waals surface area contributed by atoms with Crippen LogP contribution in [0.25, 0.3) is 0 Å². The maximum absolute atomic E-state index is 8.45. The van der Waals surface area contributed by atoms with E-state index in [0.717, 1.165) is 37.3 Å². The Labute approximate surface area is 147 Å². The molecule has 2 aromatic rings. The summed E-state index contributed by atoms with van der Waals surface area (Å²) in [6, 6.07) is 5.48. The van der Waals surface area contributed by atoms with Crippen molar-refractivity contribution in [2.45, 2.75) is 32.2 Å². The summed E-state index contributed by atoms with van der Waals surface area (Å²) in [5.74, 6) is 0.985. The molecular weight excluding hydrogens is 314 g/mol. The third-order valence-corrected chi connectivity index (χ3v) is 4.90. The van der Waals surface area contributed by atoms with Gasteiger partial charge < -0.3 is 22.1 Å². The summed E-state index contributed by atoms with van der Waals surface area (Å²) in [5.41, 5.74) is 20.9. The molecule has 1 aromatic heterocycles. The van der Waals surface area contributed by atoms with Crippen LogP contribution in [0.4, 0.5) is 17.3 Å². The summed E-state index contributed by atoms with van der Waals surface area (Å²) >= 11 is 0. The molecule has 25 heavy (non-hydrogen) atoms. The molecule has 0 saturated carbocycles. The standard InChI is InChI=1S/C18H25N7/c1-11-12(4-3-5-13(11)19)15(20)16-17(21)24-14(10-23-16)25-8-6-18(2,22)7-9-25/h3-5,10,20H,6-9,19,22H2,1-2H3,(H2,21,24). The van der Waals surface area contributed by atoms with Gasteiger partial charge in [0, 0.05) is 29.9 Å². The molecule has 0 bridgehead atoms. The van der Waals surface area contributed by atoms with Crippen LogP contribution in [0.15, 0.2) is 24.4 Å². The summed E-state index contributed by atoms with van der Waals surface area (Å²) in [6.07, 6.45) is 3.48. The molecule has 7 N–H and O–H groups in total. The fourth-order valence-electron chi connectivity index (χ4n) is 3.04. The van der Waals surface area contributed by atoms with Gasteiger partial charge in [0.25, 0.3) is 0 Å². The number of benzene rings is 1. The molecule has 0 atom stereocenters. The zero-order chi connectivity index (χ0) is 18.2. The van der Waals surface area contributed by atoms with Gasteiger partial charge in [-0.2, -0.15) is 0 Å². The minimum absolute atomic E-state index is 0.123. The van der Waals surface area contributed by atoms with E-state index in [0.29, 0.717) is 16.9 Å². The molecular formula is C18H25N7. The van der Waals surface area contributed by atoms with Gasteiger partial charge in [0.2, 0.25) is 0 Å². The number of nitrogens with one attached hydrogen (secondary N) is 1. The Morgan fingerprint density at radius 2 is 1.92 bits per heavy atom. The van der Waals surface area contributed by atoms with Crippen LogP contribution in [0.2, 0.25) is 0 Å². The van der Waals surface area contributed by atoms with Crippen molar-refractivity contribution in [1.29, 1.82) is 5.41 Å². The van der Waals surface area contributed by atoms with Gasteiger partial charge in [-0.15, -0.1) is 0 Å². The van der Waals surface area contributed by atoms with Gasteiger partial charge in [0.1, 0.15) is 11.5 Å². The maximum atomic E-state index is 8.45. The summed E-state index contributed by atoms with van der Waals surface area (Å²) in [6.45, 7) is 5.61. The van der Waals surface area contributed by atoms with Crippen LogP contribution < -0.4 is 22.1 Å². The fraction of sp³-hybridized carbons (Fsp3) is 0.389. The molecule has 7 heteroatoms. The third kappa shape index (κ3) is 3.41. The smallest absolute Gasteiger partial charge is 0.154 e. The largest absolute Gasteiger partial charge is 0.398 e. The Hall–Kier alpha value is -2.67. The van der Waals surface area contributed by atoms with Gasteiger partial charge in [-0.3, -0.25) is 5.41 Å². The topological polar surface area (TPSA) is 131 Å². The van der Waals surface area contributed by atoms with Crippen molar-refractivity contribution in [2.24, 2.45) is 5.73 Å². The number of piperidine rings is 1. The zero-order valence-corrected chi connectivity index (χ0v) is 14.7. The Kier molecular flexibility index (Phi) is 4.34. The highest BCUT2D eigenvalue weighted by molar-refractivity contribution is 6.13. The predicted molar refractivity (Wildman–Crippen MR) is 102 cm³/mol. The van der Waals surface area contributed by atoms with E-state index in [-0.39, 0.29) is 17.1 Å². The molecule has 1 aliphatic heterocycles. The molecule has 132 valence electrons. The van der Waals surface area contributed by atoms with Crippen LogP contribution in [-0.2, 0) is 0 Å². The van der Waals surface area contributed by atoms with Crippen molar-refractivity contribution >= 4 is 23.0 Å². The average Bonchev–Trinajstić information content (AvgIpc) is 2.57. The summed E-state index contributed by atoms with van der Waals surface area (Å²) in [7, 11) is 0. The quantitative estimate of drug-likeness (QED) is 0.497. The molecule has 0 aliphatic carbocycles. The number of aromatic nitrogens is 2. The molecule has 7 nitrogen and oxygen atoms in total. The minimum Gasteiger partial charge on any atom is -0.398 e. The molecule has 0 radical (unpaired) electrons. The second-order valence-corrected chi connectivity index (χ2v) is 7.00. The van der Waals surface area contributed by atoms with Crippen molar-refractivity contribution in [2.75, 3.05) is 29.5 Å². The second kappa shape index (κ2) is 6.33. The van der Waals surface area contributed by atoms with Crippen LogP contribution in [0.3, 0.4) is 0 Å². The first-order chi connectivity index (χ1) is 11.8. The molecule has 2 heterocycles. The van der Waals surface area contributed by atoms with E-state index >= 15 is 0 Å². The Morgan fingerprint density at radius 1 is 1.24 bits per heavy atom. The van der Waals surface area contributed by atoms with E-state index in [1.807, 2.05) is 25.1 Å². The van der Waals surface area contributed by atoms with Gasteiger partial charge >= 0.3 is 0 Å². The SMILES string of the molecule is Cc1c(N)cccc1C(=N)c1ncc(N2CCC(C)(N)CC2)nc1N. The van der Waals surface area contributed by atoms with Gasteiger partial charge in [0.05, 0.1) is 11.9 Å². The number of hydrogen-bond acceptors (Lipinski definition) is 7. The van der Waals surface area contributed by atoms with E-state index in [9.17, 15) is 0 Å². The number of nitrogens with zero attached hydrogens (tertiary/aromatic N) is 3. The Morgan fingerprint density at radius 3 is 2.56 bits per heavy atom. The molecule has 1 fully saturated rings. The van der Waals surface area contributed by atoms with E-state index in [1.165, 1.54) is 0 Å². The first-order valence-electron chi connectivity index (χ1n) is 8.39. The number of anilines is 3. The monoisotopic (exact) mass is 339 g/mol. The second-order valence-electron chi connectivity index (χ2n) is 7.00. The zero-order valence-electron chi connectivity index (χ0n) is 14.7. The minimum atomic E-state index is -0.123. The highest BCUT2D eigenvalue weighted by Crippen LogP contribution is 2.25. The van der Waals surface area contributed by atoms with Gasteiger partial charge in [-0.25, -0.2) is 9.97 Å². The maximum Gasteiger partial charge on any atom is 0.154 e. The van der Waals surface area contributed by atoms with Gasteiger partial charge in [-0.05, 0) is 38.3 Å². The van der Waals surface area contributed by atoms with Crippen molar-refractivity contribution in [3.63, 3.8) is 0 Å². The van der Waals surface area contributed by atoms with Crippen LogP contribution in [0.1, 0.15) is 36.6 Å². The first-order valence-corrected chi connectivity index (χ1v) is 8.39. The fourth-order valence-corrected chi connectivity index (χ4v) is 3.04. The third-order valence-electron chi connectivity index (χ3n) is 4.90. The molecule has 3 rings (SSSR count). The molecule has 0 spiro atoms. The van der Waals surface area contributed by atoms with Crippen molar-refractivity contribution in [3.05, 3.63) is 41.2 Å². The number of hydrogen-bond donors (Lipinski definition) is 4.